The molecule has 6 heteroatoms. The third kappa shape index (κ3) is 5.20. The summed E-state index contributed by atoms with van der Waals surface area (Å²) in [5, 5.41) is 1.01. The molecule has 0 spiro atoms. The standard InChI is InChI=1S/C34H35FN2O3/c1-3-40-33-17-22(16-32(39-2)34(33)23-8-11-27(35)12-9-23)21-37-15-14-28-24(10-13-30(28)37)19-31(38)26-18-25-6-4-5-7-29(25)36-20-26/h4-9,11-12,16-18,20,24,28,30H,3,10,13-15,19,21H2,1-2H3/t24?,28-,30+/m0/s1. The van der Waals surface area contributed by atoms with E-state index in [1.54, 1.807) is 25.4 Å². The first-order chi connectivity index (χ1) is 19.5. The Morgan fingerprint density at radius 2 is 1.82 bits per heavy atom. The number of ether oxygens (including phenoxy) is 2. The fourth-order valence-electron chi connectivity index (χ4n) is 6.82. The highest BCUT2D eigenvalue weighted by molar-refractivity contribution is 5.98. The van der Waals surface area contributed by atoms with Crippen LogP contribution in [-0.4, -0.2) is 42.0 Å². The molecule has 4 aromatic rings. The van der Waals surface area contributed by atoms with E-state index in [9.17, 15) is 9.18 Å². The Hall–Kier alpha value is -3.77. The highest BCUT2D eigenvalue weighted by Crippen LogP contribution is 2.46. The van der Waals surface area contributed by atoms with Gasteiger partial charge in [-0.3, -0.25) is 14.7 Å². The molecule has 0 radical (unpaired) electrons. The van der Waals surface area contributed by atoms with Gasteiger partial charge in [0.2, 0.25) is 0 Å². The third-order valence-electron chi connectivity index (χ3n) is 8.68. The van der Waals surface area contributed by atoms with Gasteiger partial charge >= 0.3 is 0 Å². The molecule has 6 rings (SSSR count). The summed E-state index contributed by atoms with van der Waals surface area (Å²) in [5.41, 5.74) is 4.47. The molecule has 1 saturated carbocycles. The number of hydrogen-bond donors (Lipinski definition) is 0. The van der Waals surface area contributed by atoms with Crippen molar-refractivity contribution < 1.29 is 18.7 Å². The van der Waals surface area contributed by atoms with E-state index in [1.807, 2.05) is 37.3 Å². The lowest BCUT2D eigenvalue weighted by molar-refractivity contribution is 0.0949. The van der Waals surface area contributed by atoms with E-state index in [4.69, 9.17) is 9.47 Å². The number of para-hydroxylation sites is 1. The quantitative estimate of drug-likeness (QED) is 0.209. The number of likely N-dealkylation sites (tertiary alicyclic amines) is 1. The molecular formula is C34H35FN2O3. The van der Waals surface area contributed by atoms with Gasteiger partial charge in [0.15, 0.2) is 5.78 Å². The smallest absolute Gasteiger partial charge is 0.164 e. The number of ketones is 1. The maximum Gasteiger partial charge on any atom is 0.164 e. The fourth-order valence-corrected chi connectivity index (χ4v) is 6.82. The molecule has 3 atom stereocenters. The minimum atomic E-state index is -0.272. The second-order valence-electron chi connectivity index (χ2n) is 11.0. The highest BCUT2D eigenvalue weighted by atomic mass is 19.1. The van der Waals surface area contributed by atoms with Crippen molar-refractivity contribution in [1.82, 2.24) is 9.88 Å². The van der Waals surface area contributed by atoms with Crippen molar-refractivity contribution in [1.29, 1.82) is 0 Å². The zero-order valence-corrected chi connectivity index (χ0v) is 23.1. The van der Waals surface area contributed by atoms with Gasteiger partial charge in [-0.25, -0.2) is 4.39 Å². The summed E-state index contributed by atoms with van der Waals surface area (Å²) >= 11 is 0. The molecule has 3 aromatic carbocycles. The zero-order valence-electron chi connectivity index (χ0n) is 23.1. The number of carbonyl (C=O) groups excluding carboxylic acids is 1. The maximum atomic E-state index is 13.6. The minimum Gasteiger partial charge on any atom is -0.496 e. The first-order valence-corrected chi connectivity index (χ1v) is 14.3. The average Bonchev–Trinajstić information content (AvgIpc) is 3.56. The molecular weight excluding hydrogens is 503 g/mol. The normalized spacial score (nSPS) is 20.5. The summed E-state index contributed by atoms with van der Waals surface area (Å²) in [6.45, 7) is 4.31. The summed E-state index contributed by atoms with van der Waals surface area (Å²) in [6.07, 6.45) is 5.62. The maximum absolute atomic E-state index is 13.6. The lowest BCUT2D eigenvalue weighted by Crippen LogP contribution is -2.30. The van der Waals surface area contributed by atoms with Gasteiger partial charge in [0.25, 0.3) is 0 Å². The van der Waals surface area contributed by atoms with E-state index >= 15 is 0 Å². The van der Waals surface area contributed by atoms with E-state index in [0.29, 0.717) is 36.5 Å². The number of nitrogens with zero attached hydrogens (tertiary/aromatic N) is 2. The predicted molar refractivity (Wildman–Crippen MR) is 155 cm³/mol. The van der Waals surface area contributed by atoms with Crippen LogP contribution in [0.25, 0.3) is 22.0 Å². The summed E-state index contributed by atoms with van der Waals surface area (Å²) in [4.78, 5) is 20.3. The predicted octanol–water partition coefficient (Wildman–Crippen LogP) is 7.32. The minimum absolute atomic E-state index is 0.199. The van der Waals surface area contributed by atoms with E-state index in [1.165, 1.54) is 12.1 Å². The average molecular weight is 539 g/mol. The number of carbonyl (C=O) groups is 1. The van der Waals surface area contributed by atoms with E-state index in [2.05, 4.69) is 22.0 Å². The Morgan fingerprint density at radius 1 is 1.02 bits per heavy atom. The molecule has 2 fully saturated rings. The van der Waals surface area contributed by atoms with Crippen LogP contribution in [0.2, 0.25) is 0 Å². The molecule has 1 aliphatic heterocycles. The van der Waals surface area contributed by atoms with Gasteiger partial charge in [-0.05, 0) is 92.1 Å². The lowest BCUT2D eigenvalue weighted by atomic mass is 9.87. The zero-order chi connectivity index (χ0) is 27.6. The summed E-state index contributed by atoms with van der Waals surface area (Å²) in [7, 11) is 1.66. The first kappa shape index (κ1) is 26.5. The molecule has 5 nitrogen and oxygen atoms in total. The molecule has 2 heterocycles. The Kier molecular flexibility index (Phi) is 7.53. The van der Waals surface area contributed by atoms with Crippen LogP contribution in [0.4, 0.5) is 4.39 Å². The first-order valence-electron chi connectivity index (χ1n) is 14.3. The van der Waals surface area contributed by atoms with Crippen LogP contribution < -0.4 is 9.47 Å². The van der Waals surface area contributed by atoms with Crippen LogP contribution in [0.3, 0.4) is 0 Å². The number of halogens is 1. The van der Waals surface area contributed by atoms with Crippen molar-refractivity contribution in [3.63, 3.8) is 0 Å². The monoisotopic (exact) mass is 538 g/mol. The van der Waals surface area contributed by atoms with Crippen LogP contribution in [-0.2, 0) is 6.54 Å². The molecule has 1 aromatic heterocycles. The van der Waals surface area contributed by atoms with Gasteiger partial charge < -0.3 is 9.47 Å². The van der Waals surface area contributed by atoms with Gasteiger partial charge in [0.1, 0.15) is 17.3 Å². The second-order valence-corrected chi connectivity index (χ2v) is 11.0. The molecule has 0 N–H and O–H groups in total. The van der Waals surface area contributed by atoms with Gasteiger partial charge in [-0.15, -0.1) is 0 Å². The summed E-state index contributed by atoms with van der Waals surface area (Å²) in [6, 6.07) is 21.0. The Bertz CT molecular complexity index is 1520. The SMILES string of the molecule is CCOc1cc(CN2CC[C@H]3C(CC(=O)c4cnc5ccccc5c4)CC[C@H]32)cc(OC)c1-c1ccc(F)cc1. The van der Waals surface area contributed by atoms with E-state index < -0.39 is 0 Å². The van der Waals surface area contributed by atoms with Crippen LogP contribution in [0.1, 0.15) is 48.5 Å². The molecule has 1 saturated heterocycles. The Labute approximate surface area is 234 Å². The van der Waals surface area contributed by atoms with Crippen molar-refractivity contribution in [3.05, 3.63) is 89.9 Å². The number of benzene rings is 3. The van der Waals surface area contributed by atoms with E-state index in [0.717, 1.165) is 71.4 Å². The van der Waals surface area contributed by atoms with Gasteiger partial charge in [-0.2, -0.15) is 0 Å². The topological polar surface area (TPSA) is 51.7 Å². The van der Waals surface area contributed by atoms with Crippen LogP contribution in [0, 0.1) is 17.7 Å². The molecule has 1 aliphatic carbocycles. The van der Waals surface area contributed by atoms with Crippen molar-refractivity contribution in [2.45, 2.75) is 45.2 Å². The molecule has 2 aliphatic rings. The number of pyridine rings is 1. The summed E-state index contributed by atoms with van der Waals surface area (Å²) in [5.74, 6) is 2.34. The van der Waals surface area contributed by atoms with Crippen molar-refractivity contribution in [3.8, 4) is 22.6 Å². The molecule has 0 amide bonds. The van der Waals surface area contributed by atoms with Crippen LogP contribution in [0.5, 0.6) is 11.5 Å². The van der Waals surface area contributed by atoms with Crippen LogP contribution in [0.15, 0.2) is 72.9 Å². The van der Waals surface area contributed by atoms with Crippen molar-refractivity contribution in [2.75, 3.05) is 20.3 Å². The Balaban J connectivity index is 1.17. The number of methoxy groups -OCH3 is 1. The van der Waals surface area contributed by atoms with Gasteiger partial charge in [0, 0.05) is 36.2 Å². The molecule has 206 valence electrons. The molecule has 1 unspecified atom stereocenters. The number of fused-ring (bicyclic) bond motifs is 2. The Morgan fingerprint density at radius 3 is 2.62 bits per heavy atom. The van der Waals surface area contributed by atoms with Crippen LogP contribution >= 0.6 is 0 Å². The lowest BCUT2D eigenvalue weighted by Gasteiger charge is -2.25. The third-order valence-corrected chi connectivity index (χ3v) is 8.68. The van der Waals surface area contributed by atoms with Gasteiger partial charge in [0.05, 0.1) is 24.8 Å². The number of aromatic nitrogens is 1. The number of hydrogen-bond acceptors (Lipinski definition) is 5. The van der Waals surface area contributed by atoms with Gasteiger partial charge in [-0.1, -0.05) is 30.3 Å². The molecule has 0 bridgehead atoms. The van der Waals surface area contributed by atoms with Crippen molar-refractivity contribution in [2.24, 2.45) is 11.8 Å². The molecule has 40 heavy (non-hydrogen) atoms. The largest absolute Gasteiger partial charge is 0.496 e. The second kappa shape index (κ2) is 11.4. The van der Waals surface area contributed by atoms with E-state index in [-0.39, 0.29) is 11.6 Å². The summed E-state index contributed by atoms with van der Waals surface area (Å²) < 4.78 is 25.4. The number of rotatable bonds is 9. The number of Topliss-reactive ketones (excluding diaryl/α,β-unsaturated/α-hetero) is 1. The fraction of sp³-hybridized carbons (Fsp3) is 0.353. The van der Waals surface area contributed by atoms with Crippen molar-refractivity contribution >= 4 is 16.7 Å². The highest BCUT2D eigenvalue weighted by Gasteiger charge is 2.44.